The van der Waals surface area contributed by atoms with Gasteiger partial charge in [-0.15, -0.1) is 0 Å². The van der Waals surface area contributed by atoms with Crippen LogP contribution >= 0.6 is 15.9 Å². The number of aryl methyl sites for hydroxylation is 1. The lowest BCUT2D eigenvalue weighted by atomic mass is 9.90. The molecule has 0 aliphatic heterocycles. The van der Waals surface area contributed by atoms with Gasteiger partial charge in [0.25, 0.3) is 0 Å². The first-order valence-electron chi connectivity index (χ1n) is 6.76. The standard InChI is InChI=1S/C15H20BrN3O/c1-8(2)13(10(4)17)15-18-14(19-20-15)11-6-5-9(3)7-12(11)16/h5-8,10,13H,17H2,1-4H3. The highest BCUT2D eigenvalue weighted by molar-refractivity contribution is 9.10. The molecule has 0 saturated heterocycles. The van der Waals surface area contributed by atoms with Crippen LogP contribution in [0.25, 0.3) is 11.4 Å². The number of hydrogen-bond acceptors (Lipinski definition) is 4. The SMILES string of the molecule is Cc1ccc(-c2noc(C(C(C)C)C(C)N)n2)c(Br)c1. The molecular formula is C15H20BrN3O. The van der Waals surface area contributed by atoms with Crippen LogP contribution in [0.1, 0.15) is 38.1 Å². The maximum absolute atomic E-state index is 6.03. The van der Waals surface area contributed by atoms with Gasteiger partial charge in [-0.05, 0) is 37.5 Å². The van der Waals surface area contributed by atoms with E-state index in [4.69, 9.17) is 10.3 Å². The first-order valence-corrected chi connectivity index (χ1v) is 7.55. The third-order valence-corrected chi connectivity index (χ3v) is 4.03. The van der Waals surface area contributed by atoms with Crippen molar-refractivity contribution >= 4 is 15.9 Å². The molecule has 2 atom stereocenters. The van der Waals surface area contributed by atoms with Crippen molar-refractivity contribution in [2.45, 2.75) is 39.7 Å². The summed E-state index contributed by atoms with van der Waals surface area (Å²) in [7, 11) is 0. The van der Waals surface area contributed by atoms with Crippen LogP contribution in [0.4, 0.5) is 0 Å². The number of nitrogens with zero attached hydrogens (tertiary/aromatic N) is 2. The van der Waals surface area contributed by atoms with E-state index in [1.807, 2.05) is 32.0 Å². The summed E-state index contributed by atoms with van der Waals surface area (Å²) in [5.41, 5.74) is 8.14. The molecule has 20 heavy (non-hydrogen) atoms. The molecule has 1 aromatic heterocycles. The molecule has 1 heterocycles. The van der Waals surface area contributed by atoms with Crippen molar-refractivity contribution in [3.8, 4) is 11.4 Å². The Morgan fingerprint density at radius 2 is 1.95 bits per heavy atom. The predicted octanol–water partition coefficient (Wildman–Crippen LogP) is 3.89. The van der Waals surface area contributed by atoms with Gasteiger partial charge in [0.15, 0.2) is 0 Å². The first kappa shape index (κ1) is 15.2. The Balaban J connectivity index is 2.37. The zero-order valence-corrected chi connectivity index (χ0v) is 13.8. The topological polar surface area (TPSA) is 64.9 Å². The lowest BCUT2D eigenvalue weighted by molar-refractivity contribution is 0.300. The molecule has 0 bridgehead atoms. The summed E-state index contributed by atoms with van der Waals surface area (Å²) in [6.45, 7) is 8.23. The molecule has 2 rings (SSSR count). The summed E-state index contributed by atoms with van der Waals surface area (Å²) in [6, 6.07) is 6.03. The molecule has 2 unspecified atom stereocenters. The van der Waals surface area contributed by atoms with Gasteiger partial charge in [-0.3, -0.25) is 0 Å². The lowest BCUT2D eigenvalue weighted by Gasteiger charge is -2.20. The quantitative estimate of drug-likeness (QED) is 0.918. The number of nitrogens with two attached hydrogens (primary N) is 1. The first-order chi connectivity index (χ1) is 9.40. The van der Waals surface area contributed by atoms with Crippen LogP contribution in [0, 0.1) is 12.8 Å². The number of rotatable bonds is 4. The molecule has 1 aromatic carbocycles. The number of aromatic nitrogens is 2. The molecule has 0 spiro atoms. The van der Waals surface area contributed by atoms with E-state index >= 15 is 0 Å². The summed E-state index contributed by atoms with van der Waals surface area (Å²) in [6.07, 6.45) is 0. The van der Waals surface area contributed by atoms with Gasteiger partial charge in [0.2, 0.25) is 11.7 Å². The van der Waals surface area contributed by atoms with Crippen molar-refractivity contribution < 1.29 is 4.52 Å². The van der Waals surface area contributed by atoms with Crippen molar-refractivity contribution in [2.24, 2.45) is 11.7 Å². The smallest absolute Gasteiger partial charge is 0.231 e. The molecule has 108 valence electrons. The van der Waals surface area contributed by atoms with Crippen molar-refractivity contribution in [3.05, 3.63) is 34.1 Å². The minimum absolute atomic E-state index is 0.0234. The zero-order chi connectivity index (χ0) is 14.9. The number of halogens is 1. The fourth-order valence-corrected chi connectivity index (χ4v) is 3.07. The van der Waals surface area contributed by atoms with E-state index in [1.54, 1.807) is 0 Å². The van der Waals surface area contributed by atoms with Crippen LogP contribution in [0.2, 0.25) is 0 Å². The van der Waals surface area contributed by atoms with E-state index in [0.717, 1.165) is 10.0 Å². The van der Waals surface area contributed by atoms with Crippen molar-refractivity contribution in [1.82, 2.24) is 10.1 Å². The predicted molar refractivity (Wildman–Crippen MR) is 83.4 cm³/mol. The van der Waals surface area contributed by atoms with Gasteiger partial charge in [-0.1, -0.05) is 41.0 Å². The third-order valence-electron chi connectivity index (χ3n) is 3.38. The summed E-state index contributed by atoms with van der Waals surface area (Å²) in [4.78, 5) is 4.53. The molecule has 0 amide bonds. The molecule has 2 N–H and O–H groups in total. The van der Waals surface area contributed by atoms with Crippen LogP contribution in [0.3, 0.4) is 0 Å². The van der Waals surface area contributed by atoms with Crippen molar-refractivity contribution in [3.63, 3.8) is 0 Å². The molecular weight excluding hydrogens is 318 g/mol. The Morgan fingerprint density at radius 3 is 2.50 bits per heavy atom. The Hall–Kier alpha value is -1.20. The Kier molecular flexibility index (Phi) is 4.60. The van der Waals surface area contributed by atoms with Gasteiger partial charge in [0.05, 0.1) is 5.92 Å². The number of hydrogen-bond donors (Lipinski definition) is 1. The Bertz CT molecular complexity index is 585. The maximum atomic E-state index is 6.03. The van der Waals surface area contributed by atoms with Crippen LogP contribution < -0.4 is 5.73 Å². The molecule has 0 aliphatic carbocycles. The van der Waals surface area contributed by atoms with E-state index in [0.29, 0.717) is 17.6 Å². The minimum Gasteiger partial charge on any atom is -0.339 e. The maximum Gasteiger partial charge on any atom is 0.231 e. The molecule has 0 radical (unpaired) electrons. The Labute approximate surface area is 127 Å². The van der Waals surface area contributed by atoms with Crippen LogP contribution in [-0.2, 0) is 0 Å². The second-order valence-electron chi connectivity index (χ2n) is 5.57. The summed E-state index contributed by atoms with van der Waals surface area (Å²) in [5, 5.41) is 4.09. The highest BCUT2D eigenvalue weighted by atomic mass is 79.9. The molecule has 0 saturated carbocycles. The normalized spacial score (nSPS) is 14.6. The number of benzene rings is 1. The van der Waals surface area contributed by atoms with Crippen molar-refractivity contribution in [2.75, 3.05) is 0 Å². The van der Waals surface area contributed by atoms with Gasteiger partial charge in [-0.2, -0.15) is 4.98 Å². The lowest BCUT2D eigenvalue weighted by Crippen LogP contribution is -2.28. The van der Waals surface area contributed by atoms with Crippen LogP contribution in [0.5, 0.6) is 0 Å². The second-order valence-corrected chi connectivity index (χ2v) is 6.42. The summed E-state index contributed by atoms with van der Waals surface area (Å²) < 4.78 is 6.39. The summed E-state index contributed by atoms with van der Waals surface area (Å²) in [5.74, 6) is 1.63. The van der Waals surface area contributed by atoms with E-state index in [-0.39, 0.29) is 12.0 Å². The zero-order valence-electron chi connectivity index (χ0n) is 12.2. The minimum atomic E-state index is -0.0234. The fourth-order valence-electron chi connectivity index (χ4n) is 2.40. The third kappa shape index (κ3) is 3.10. The van der Waals surface area contributed by atoms with E-state index < -0.39 is 0 Å². The highest BCUT2D eigenvalue weighted by Crippen LogP contribution is 2.30. The van der Waals surface area contributed by atoms with Crippen LogP contribution in [-0.4, -0.2) is 16.2 Å². The van der Waals surface area contributed by atoms with Gasteiger partial charge < -0.3 is 10.3 Å². The highest BCUT2D eigenvalue weighted by Gasteiger charge is 2.26. The van der Waals surface area contributed by atoms with Gasteiger partial charge in [0, 0.05) is 16.1 Å². The van der Waals surface area contributed by atoms with Gasteiger partial charge in [-0.25, -0.2) is 0 Å². The van der Waals surface area contributed by atoms with Crippen molar-refractivity contribution in [1.29, 1.82) is 0 Å². The van der Waals surface area contributed by atoms with Crippen LogP contribution in [0.15, 0.2) is 27.2 Å². The molecule has 5 heteroatoms. The fraction of sp³-hybridized carbons (Fsp3) is 0.467. The summed E-state index contributed by atoms with van der Waals surface area (Å²) >= 11 is 3.54. The monoisotopic (exact) mass is 337 g/mol. The molecule has 4 nitrogen and oxygen atoms in total. The van der Waals surface area contributed by atoms with E-state index in [9.17, 15) is 0 Å². The van der Waals surface area contributed by atoms with Gasteiger partial charge >= 0.3 is 0 Å². The molecule has 2 aromatic rings. The molecule has 0 aliphatic rings. The van der Waals surface area contributed by atoms with E-state index in [2.05, 4.69) is 39.9 Å². The van der Waals surface area contributed by atoms with Gasteiger partial charge in [0.1, 0.15) is 0 Å². The second kappa shape index (κ2) is 6.06. The molecule has 0 fully saturated rings. The average Bonchev–Trinajstić information content (AvgIpc) is 2.76. The average molecular weight is 338 g/mol. The Morgan fingerprint density at radius 1 is 1.25 bits per heavy atom. The largest absolute Gasteiger partial charge is 0.339 e. The van der Waals surface area contributed by atoms with E-state index in [1.165, 1.54) is 5.56 Å².